The largest absolute Gasteiger partial charge is 0.457 e. The molecule has 2 rings (SSSR count). The normalized spacial score (nSPS) is 12.5. The Morgan fingerprint density at radius 3 is 2.29 bits per heavy atom. The maximum atomic E-state index is 6.20. The van der Waals surface area contributed by atoms with Crippen LogP contribution in [0.4, 0.5) is 0 Å². The van der Waals surface area contributed by atoms with E-state index in [-0.39, 0.29) is 6.04 Å². The first-order chi connectivity index (χ1) is 9.88. The van der Waals surface area contributed by atoms with Gasteiger partial charge in [0.1, 0.15) is 11.5 Å². The highest BCUT2D eigenvalue weighted by Crippen LogP contribution is 2.35. The Morgan fingerprint density at radius 2 is 1.67 bits per heavy atom. The molecule has 2 nitrogen and oxygen atoms in total. The Labute approximate surface area is 135 Å². The van der Waals surface area contributed by atoms with Crippen molar-refractivity contribution in [3.05, 3.63) is 57.6 Å². The fourth-order valence-electron chi connectivity index (χ4n) is 2.29. The highest BCUT2D eigenvalue weighted by Gasteiger charge is 2.13. The molecule has 2 aromatic carbocycles. The van der Waals surface area contributed by atoms with Gasteiger partial charge >= 0.3 is 0 Å². The molecule has 21 heavy (non-hydrogen) atoms. The van der Waals surface area contributed by atoms with Crippen LogP contribution in [0.1, 0.15) is 49.4 Å². The zero-order valence-electron chi connectivity index (χ0n) is 13.0. The molecular weight excluding hydrogens is 326 g/mol. The summed E-state index contributed by atoms with van der Waals surface area (Å²) in [5, 5.41) is 0. The summed E-state index contributed by atoms with van der Waals surface area (Å²) in [6, 6.07) is 12.2. The van der Waals surface area contributed by atoms with Crippen molar-refractivity contribution in [3.8, 4) is 11.5 Å². The highest BCUT2D eigenvalue weighted by molar-refractivity contribution is 9.10. The van der Waals surface area contributed by atoms with E-state index in [1.807, 2.05) is 25.1 Å². The van der Waals surface area contributed by atoms with Gasteiger partial charge in [-0.15, -0.1) is 0 Å². The molecule has 0 bridgehead atoms. The SMILES string of the molecule is Cc1ccc(C(C)C)c(Oc2ccc(Br)cc2C(C)N)c1. The molecule has 2 N–H and O–H groups in total. The van der Waals surface area contributed by atoms with Gasteiger partial charge in [0, 0.05) is 16.1 Å². The third-order valence-electron chi connectivity index (χ3n) is 3.47. The van der Waals surface area contributed by atoms with Gasteiger partial charge in [-0.3, -0.25) is 0 Å². The molecule has 1 atom stereocenters. The maximum Gasteiger partial charge on any atom is 0.132 e. The molecule has 0 fully saturated rings. The van der Waals surface area contributed by atoms with Crippen LogP contribution in [0, 0.1) is 6.92 Å². The maximum absolute atomic E-state index is 6.20. The molecule has 0 saturated heterocycles. The number of benzene rings is 2. The number of aryl methyl sites for hydroxylation is 1. The van der Waals surface area contributed by atoms with Gasteiger partial charge < -0.3 is 10.5 Å². The molecule has 0 saturated carbocycles. The van der Waals surface area contributed by atoms with Crippen LogP contribution in [0.25, 0.3) is 0 Å². The van der Waals surface area contributed by atoms with Gasteiger partial charge in [0.25, 0.3) is 0 Å². The first-order valence-electron chi connectivity index (χ1n) is 7.22. The predicted octanol–water partition coefficient (Wildman–Crippen LogP) is 5.69. The van der Waals surface area contributed by atoms with E-state index in [1.54, 1.807) is 0 Å². The molecular formula is C18H22BrNO. The summed E-state index contributed by atoms with van der Waals surface area (Å²) in [6.07, 6.45) is 0. The molecule has 1 unspecified atom stereocenters. The van der Waals surface area contributed by atoms with Gasteiger partial charge in [0.2, 0.25) is 0 Å². The average Bonchev–Trinajstić information content (AvgIpc) is 2.40. The summed E-state index contributed by atoms with van der Waals surface area (Å²) < 4.78 is 7.21. The number of ether oxygens (including phenoxy) is 1. The molecule has 0 radical (unpaired) electrons. The topological polar surface area (TPSA) is 35.2 Å². The van der Waals surface area contributed by atoms with E-state index in [0.29, 0.717) is 5.92 Å². The zero-order valence-corrected chi connectivity index (χ0v) is 14.6. The van der Waals surface area contributed by atoms with E-state index in [1.165, 1.54) is 11.1 Å². The number of rotatable bonds is 4. The quantitative estimate of drug-likeness (QED) is 0.770. The first kappa shape index (κ1) is 16.1. The van der Waals surface area contributed by atoms with Crippen LogP contribution >= 0.6 is 15.9 Å². The first-order valence-corrected chi connectivity index (χ1v) is 8.01. The summed E-state index contributed by atoms with van der Waals surface area (Å²) in [5.74, 6) is 2.14. The summed E-state index contributed by atoms with van der Waals surface area (Å²) in [6.45, 7) is 8.39. The van der Waals surface area contributed by atoms with Gasteiger partial charge in [0.05, 0.1) is 0 Å². The van der Waals surface area contributed by atoms with E-state index < -0.39 is 0 Å². The third-order valence-corrected chi connectivity index (χ3v) is 3.97. The molecule has 0 aliphatic carbocycles. The molecule has 3 heteroatoms. The van der Waals surface area contributed by atoms with Crippen LogP contribution in [0.3, 0.4) is 0 Å². The zero-order chi connectivity index (χ0) is 15.6. The van der Waals surface area contributed by atoms with Crippen molar-refractivity contribution in [1.29, 1.82) is 0 Å². The van der Waals surface area contributed by atoms with E-state index in [2.05, 4.69) is 54.9 Å². The summed E-state index contributed by atoms with van der Waals surface area (Å²) in [7, 11) is 0. The summed E-state index contributed by atoms with van der Waals surface area (Å²) >= 11 is 3.49. The molecule has 2 aromatic rings. The number of hydrogen-bond donors (Lipinski definition) is 1. The Balaban J connectivity index is 2.45. The van der Waals surface area contributed by atoms with Crippen molar-refractivity contribution in [1.82, 2.24) is 0 Å². The van der Waals surface area contributed by atoms with E-state index >= 15 is 0 Å². The monoisotopic (exact) mass is 347 g/mol. The smallest absolute Gasteiger partial charge is 0.132 e. The van der Waals surface area contributed by atoms with Crippen molar-refractivity contribution in [2.24, 2.45) is 5.73 Å². The van der Waals surface area contributed by atoms with Crippen LogP contribution in [0.2, 0.25) is 0 Å². The second-order valence-corrected chi connectivity index (χ2v) is 6.68. The van der Waals surface area contributed by atoms with Crippen molar-refractivity contribution in [3.63, 3.8) is 0 Å². The van der Waals surface area contributed by atoms with Gasteiger partial charge in [-0.05, 0) is 55.2 Å². The standard InChI is InChI=1S/C18H22BrNO/c1-11(2)15-7-5-12(3)9-18(15)21-17-8-6-14(19)10-16(17)13(4)20/h5-11,13H,20H2,1-4H3. The Morgan fingerprint density at radius 1 is 0.952 bits per heavy atom. The molecule has 0 heterocycles. The molecule has 0 aliphatic heterocycles. The van der Waals surface area contributed by atoms with Crippen molar-refractivity contribution >= 4 is 15.9 Å². The third kappa shape index (κ3) is 3.86. The fourth-order valence-corrected chi connectivity index (χ4v) is 2.67. The Bertz CT molecular complexity index is 635. The second kappa shape index (κ2) is 6.63. The van der Waals surface area contributed by atoms with Crippen molar-refractivity contribution in [2.75, 3.05) is 0 Å². The Kier molecular flexibility index (Phi) is 5.07. The number of nitrogens with two attached hydrogens (primary N) is 1. The van der Waals surface area contributed by atoms with E-state index in [4.69, 9.17) is 10.5 Å². The van der Waals surface area contributed by atoms with Crippen LogP contribution in [-0.2, 0) is 0 Å². The van der Waals surface area contributed by atoms with Crippen molar-refractivity contribution in [2.45, 2.75) is 39.7 Å². The lowest BCUT2D eigenvalue weighted by atomic mass is 10.0. The lowest BCUT2D eigenvalue weighted by Crippen LogP contribution is -2.07. The minimum Gasteiger partial charge on any atom is -0.457 e. The van der Waals surface area contributed by atoms with Crippen molar-refractivity contribution < 1.29 is 4.74 Å². The molecule has 0 aliphatic rings. The minimum atomic E-state index is -0.0789. The number of halogens is 1. The van der Waals surface area contributed by atoms with Gasteiger partial charge in [0.15, 0.2) is 0 Å². The van der Waals surface area contributed by atoms with Gasteiger partial charge in [-0.1, -0.05) is 41.9 Å². The Hall–Kier alpha value is -1.32. The highest BCUT2D eigenvalue weighted by atomic mass is 79.9. The summed E-state index contributed by atoms with van der Waals surface area (Å²) in [5.41, 5.74) is 9.46. The number of hydrogen-bond acceptors (Lipinski definition) is 2. The average molecular weight is 348 g/mol. The van der Waals surface area contributed by atoms with Crippen LogP contribution in [-0.4, -0.2) is 0 Å². The van der Waals surface area contributed by atoms with Crippen LogP contribution in [0.5, 0.6) is 11.5 Å². The predicted molar refractivity (Wildman–Crippen MR) is 92.1 cm³/mol. The van der Waals surface area contributed by atoms with E-state index in [0.717, 1.165) is 21.5 Å². The van der Waals surface area contributed by atoms with Gasteiger partial charge in [-0.2, -0.15) is 0 Å². The van der Waals surface area contributed by atoms with E-state index in [9.17, 15) is 0 Å². The fraction of sp³-hybridized carbons (Fsp3) is 0.333. The second-order valence-electron chi connectivity index (χ2n) is 5.77. The summed E-state index contributed by atoms with van der Waals surface area (Å²) in [4.78, 5) is 0. The lowest BCUT2D eigenvalue weighted by molar-refractivity contribution is 0.463. The molecule has 112 valence electrons. The molecule has 0 amide bonds. The van der Waals surface area contributed by atoms with Crippen LogP contribution < -0.4 is 10.5 Å². The molecule has 0 aromatic heterocycles. The van der Waals surface area contributed by atoms with Crippen LogP contribution in [0.15, 0.2) is 40.9 Å². The minimum absolute atomic E-state index is 0.0789. The van der Waals surface area contributed by atoms with Gasteiger partial charge in [-0.25, -0.2) is 0 Å². The molecule has 0 spiro atoms. The lowest BCUT2D eigenvalue weighted by Gasteiger charge is -2.18.